The SMILES string of the molecule is COc1ccc(OCCOc2cccc(CN)c2)c(Br)c1. The molecule has 0 spiro atoms. The van der Waals surface area contributed by atoms with Crippen LogP contribution >= 0.6 is 15.9 Å². The quantitative estimate of drug-likeness (QED) is 0.777. The van der Waals surface area contributed by atoms with Crippen LogP contribution in [0.5, 0.6) is 17.2 Å². The summed E-state index contributed by atoms with van der Waals surface area (Å²) in [5, 5.41) is 0. The molecule has 4 nitrogen and oxygen atoms in total. The molecule has 0 aliphatic heterocycles. The average Bonchev–Trinajstić information content (AvgIpc) is 2.52. The van der Waals surface area contributed by atoms with Crippen LogP contribution in [-0.4, -0.2) is 20.3 Å². The minimum Gasteiger partial charge on any atom is -0.497 e. The summed E-state index contributed by atoms with van der Waals surface area (Å²) in [7, 11) is 1.63. The number of methoxy groups -OCH3 is 1. The average molecular weight is 352 g/mol. The van der Waals surface area contributed by atoms with Gasteiger partial charge in [-0.05, 0) is 51.8 Å². The summed E-state index contributed by atoms with van der Waals surface area (Å²) in [5.74, 6) is 2.34. The van der Waals surface area contributed by atoms with E-state index in [1.165, 1.54) is 0 Å². The molecule has 0 unspecified atom stereocenters. The molecule has 21 heavy (non-hydrogen) atoms. The fourth-order valence-corrected chi connectivity index (χ4v) is 2.27. The lowest BCUT2D eigenvalue weighted by atomic mass is 10.2. The van der Waals surface area contributed by atoms with Crippen LogP contribution in [-0.2, 0) is 6.54 Å². The molecule has 0 saturated heterocycles. The van der Waals surface area contributed by atoms with Crippen molar-refractivity contribution in [1.29, 1.82) is 0 Å². The monoisotopic (exact) mass is 351 g/mol. The minimum atomic E-state index is 0.456. The lowest BCUT2D eigenvalue weighted by Crippen LogP contribution is -2.09. The van der Waals surface area contributed by atoms with Gasteiger partial charge in [-0.1, -0.05) is 12.1 Å². The minimum absolute atomic E-state index is 0.456. The molecule has 0 amide bonds. The number of hydrogen-bond acceptors (Lipinski definition) is 4. The lowest BCUT2D eigenvalue weighted by Gasteiger charge is -2.11. The van der Waals surface area contributed by atoms with Crippen molar-refractivity contribution in [3.05, 3.63) is 52.5 Å². The van der Waals surface area contributed by atoms with Crippen LogP contribution in [0.4, 0.5) is 0 Å². The standard InChI is InChI=1S/C16H18BrNO3/c1-19-13-5-6-16(15(17)10-13)21-8-7-20-14-4-2-3-12(9-14)11-18/h2-6,9-10H,7-8,11,18H2,1H3. The second kappa shape index (κ2) is 7.90. The van der Waals surface area contributed by atoms with Gasteiger partial charge in [0, 0.05) is 6.54 Å². The molecule has 5 heteroatoms. The molecule has 0 saturated carbocycles. The van der Waals surface area contributed by atoms with E-state index >= 15 is 0 Å². The fourth-order valence-electron chi connectivity index (χ4n) is 1.80. The molecule has 0 atom stereocenters. The van der Waals surface area contributed by atoms with Crippen molar-refractivity contribution in [2.45, 2.75) is 6.54 Å². The van der Waals surface area contributed by atoms with Gasteiger partial charge < -0.3 is 19.9 Å². The number of rotatable bonds is 7. The van der Waals surface area contributed by atoms with E-state index in [0.717, 1.165) is 27.3 Å². The van der Waals surface area contributed by atoms with Crippen molar-refractivity contribution in [3.63, 3.8) is 0 Å². The first kappa shape index (κ1) is 15.7. The predicted octanol–water partition coefficient (Wildman–Crippen LogP) is 3.37. The van der Waals surface area contributed by atoms with Crippen LogP contribution in [0, 0.1) is 0 Å². The topological polar surface area (TPSA) is 53.7 Å². The van der Waals surface area contributed by atoms with Crippen LogP contribution in [0.3, 0.4) is 0 Å². The predicted molar refractivity (Wildman–Crippen MR) is 86.0 cm³/mol. The molecule has 2 aromatic carbocycles. The smallest absolute Gasteiger partial charge is 0.133 e. The van der Waals surface area contributed by atoms with Gasteiger partial charge in [-0.25, -0.2) is 0 Å². The van der Waals surface area contributed by atoms with Gasteiger partial charge in [-0.3, -0.25) is 0 Å². The second-order valence-electron chi connectivity index (χ2n) is 4.34. The third kappa shape index (κ3) is 4.65. The van der Waals surface area contributed by atoms with Crippen LogP contribution in [0.25, 0.3) is 0 Å². The van der Waals surface area contributed by atoms with Gasteiger partial charge in [-0.2, -0.15) is 0 Å². The maximum Gasteiger partial charge on any atom is 0.133 e. The van der Waals surface area contributed by atoms with E-state index in [1.54, 1.807) is 7.11 Å². The van der Waals surface area contributed by atoms with E-state index in [9.17, 15) is 0 Å². The third-order valence-corrected chi connectivity index (χ3v) is 3.50. The number of nitrogens with two attached hydrogens (primary N) is 1. The Labute approximate surface area is 132 Å². The van der Waals surface area contributed by atoms with Crippen LogP contribution < -0.4 is 19.9 Å². The van der Waals surface area contributed by atoms with E-state index < -0.39 is 0 Å². The molecule has 0 aliphatic carbocycles. The molecular weight excluding hydrogens is 334 g/mol. The molecule has 0 heterocycles. The molecule has 0 bridgehead atoms. The molecular formula is C16H18BrNO3. The van der Waals surface area contributed by atoms with Crippen molar-refractivity contribution >= 4 is 15.9 Å². The Balaban J connectivity index is 1.81. The van der Waals surface area contributed by atoms with Crippen LogP contribution in [0.15, 0.2) is 46.9 Å². The summed E-state index contributed by atoms with van der Waals surface area (Å²) in [6, 6.07) is 13.3. The summed E-state index contributed by atoms with van der Waals surface area (Å²) in [6.45, 7) is 1.43. The fraction of sp³-hybridized carbons (Fsp3) is 0.250. The molecule has 2 rings (SSSR count). The summed E-state index contributed by atoms with van der Waals surface area (Å²) >= 11 is 3.44. The van der Waals surface area contributed by atoms with E-state index in [1.807, 2.05) is 42.5 Å². The third-order valence-electron chi connectivity index (χ3n) is 2.88. The Bertz CT molecular complexity index is 589. The zero-order chi connectivity index (χ0) is 15.1. The normalized spacial score (nSPS) is 10.2. The molecule has 0 radical (unpaired) electrons. The molecule has 112 valence electrons. The molecule has 2 aromatic rings. The van der Waals surface area contributed by atoms with Crippen molar-refractivity contribution in [1.82, 2.24) is 0 Å². The maximum absolute atomic E-state index is 5.66. The summed E-state index contributed by atoms with van der Waals surface area (Å²) in [6.07, 6.45) is 0. The number of halogens is 1. The molecule has 2 N–H and O–H groups in total. The number of hydrogen-bond donors (Lipinski definition) is 1. The first-order valence-corrected chi connectivity index (χ1v) is 7.40. The zero-order valence-corrected chi connectivity index (χ0v) is 13.4. The number of benzene rings is 2. The highest BCUT2D eigenvalue weighted by Crippen LogP contribution is 2.29. The largest absolute Gasteiger partial charge is 0.497 e. The molecule has 0 aliphatic rings. The zero-order valence-electron chi connectivity index (χ0n) is 11.8. The Hall–Kier alpha value is -1.72. The van der Waals surface area contributed by atoms with Crippen molar-refractivity contribution < 1.29 is 14.2 Å². The van der Waals surface area contributed by atoms with Gasteiger partial charge in [0.1, 0.15) is 30.5 Å². The Morgan fingerprint density at radius 1 is 1.00 bits per heavy atom. The second-order valence-corrected chi connectivity index (χ2v) is 5.20. The van der Waals surface area contributed by atoms with E-state index in [-0.39, 0.29) is 0 Å². The highest BCUT2D eigenvalue weighted by Gasteiger charge is 2.03. The first-order chi connectivity index (χ1) is 10.2. The van der Waals surface area contributed by atoms with E-state index in [2.05, 4.69) is 15.9 Å². The van der Waals surface area contributed by atoms with Gasteiger partial charge in [0.2, 0.25) is 0 Å². The van der Waals surface area contributed by atoms with Gasteiger partial charge >= 0.3 is 0 Å². The Morgan fingerprint density at radius 3 is 2.52 bits per heavy atom. The van der Waals surface area contributed by atoms with Gasteiger partial charge in [0.25, 0.3) is 0 Å². The molecule has 0 fully saturated rings. The van der Waals surface area contributed by atoms with Crippen molar-refractivity contribution in [2.75, 3.05) is 20.3 Å². The summed E-state index contributed by atoms with van der Waals surface area (Å²) < 4.78 is 17.3. The van der Waals surface area contributed by atoms with E-state index in [0.29, 0.717) is 19.8 Å². The van der Waals surface area contributed by atoms with Crippen molar-refractivity contribution in [2.24, 2.45) is 5.73 Å². The maximum atomic E-state index is 5.66. The van der Waals surface area contributed by atoms with Gasteiger partial charge in [0.15, 0.2) is 0 Å². The van der Waals surface area contributed by atoms with Gasteiger partial charge in [-0.15, -0.1) is 0 Å². The number of ether oxygens (including phenoxy) is 3. The van der Waals surface area contributed by atoms with E-state index in [4.69, 9.17) is 19.9 Å². The highest BCUT2D eigenvalue weighted by molar-refractivity contribution is 9.10. The molecule has 0 aromatic heterocycles. The Kier molecular flexibility index (Phi) is 5.90. The highest BCUT2D eigenvalue weighted by atomic mass is 79.9. The summed E-state index contributed by atoms with van der Waals surface area (Å²) in [4.78, 5) is 0. The van der Waals surface area contributed by atoms with Crippen molar-refractivity contribution in [3.8, 4) is 17.2 Å². The van der Waals surface area contributed by atoms with Crippen LogP contribution in [0.1, 0.15) is 5.56 Å². The lowest BCUT2D eigenvalue weighted by molar-refractivity contribution is 0.216. The van der Waals surface area contributed by atoms with Crippen LogP contribution in [0.2, 0.25) is 0 Å². The summed E-state index contributed by atoms with van der Waals surface area (Å²) in [5.41, 5.74) is 6.64. The first-order valence-electron chi connectivity index (χ1n) is 6.61. The van der Waals surface area contributed by atoms with Gasteiger partial charge in [0.05, 0.1) is 11.6 Å². The Morgan fingerprint density at radius 2 is 1.81 bits per heavy atom.